The van der Waals surface area contributed by atoms with Gasteiger partial charge in [-0.1, -0.05) is 27.7 Å². The van der Waals surface area contributed by atoms with E-state index >= 15 is 0 Å². The van der Waals surface area contributed by atoms with Crippen LogP contribution in [0.25, 0.3) is 0 Å². The Morgan fingerprint density at radius 1 is 1.33 bits per heavy atom. The lowest BCUT2D eigenvalue weighted by atomic mass is 9.97. The standard InChI is InChI=1S/C12H20N2S/c1-7(2)10-11-9(5-6-13-10)14-12(15-11)8(3)4/h7-8,10,13H,5-6H2,1-4H3. The molecule has 2 heterocycles. The summed E-state index contributed by atoms with van der Waals surface area (Å²) in [6, 6.07) is 0.527. The summed E-state index contributed by atoms with van der Waals surface area (Å²) < 4.78 is 0. The van der Waals surface area contributed by atoms with Crippen molar-refractivity contribution < 1.29 is 0 Å². The molecular formula is C12H20N2S. The fourth-order valence-electron chi connectivity index (χ4n) is 2.03. The highest BCUT2D eigenvalue weighted by Crippen LogP contribution is 2.35. The molecule has 1 atom stereocenters. The summed E-state index contributed by atoms with van der Waals surface area (Å²) in [6.45, 7) is 10.1. The Morgan fingerprint density at radius 2 is 2.07 bits per heavy atom. The molecule has 0 saturated carbocycles. The molecule has 1 aromatic rings. The highest BCUT2D eigenvalue weighted by Gasteiger charge is 2.26. The third-order valence-corrected chi connectivity index (χ3v) is 4.39. The lowest BCUT2D eigenvalue weighted by Gasteiger charge is -2.26. The monoisotopic (exact) mass is 224 g/mol. The average molecular weight is 224 g/mol. The quantitative estimate of drug-likeness (QED) is 0.835. The van der Waals surface area contributed by atoms with E-state index in [9.17, 15) is 0 Å². The smallest absolute Gasteiger partial charge is 0.0957 e. The molecule has 0 aromatic carbocycles. The van der Waals surface area contributed by atoms with Crippen LogP contribution >= 0.6 is 11.3 Å². The summed E-state index contributed by atoms with van der Waals surface area (Å²) in [5.74, 6) is 1.22. The lowest BCUT2D eigenvalue weighted by Crippen LogP contribution is -2.32. The first kappa shape index (κ1) is 11.1. The first-order valence-corrected chi connectivity index (χ1v) is 6.64. The van der Waals surface area contributed by atoms with E-state index in [0.29, 0.717) is 17.9 Å². The minimum Gasteiger partial charge on any atom is -0.309 e. The van der Waals surface area contributed by atoms with Crippen LogP contribution in [-0.4, -0.2) is 11.5 Å². The number of nitrogens with one attached hydrogen (secondary N) is 1. The Bertz CT molecular complexity index is 341. The Labute approximate surface area is 96.1 Å². The molecule has 1 aliphatic heterocycles. The number of thiazole rings is 1. The van der Waals surface area contributed by atoms with Crippen LogP contribution in [0.5, 0.6) is 0 Å². The van der Waals surface area contributed by atoms with E-state index in [1.165, 1.54) is 15.6 Å². The van der Waals surface area contributed by atoms with Gasteiger partial charge in [-0.15, -0.1) is 11.3 Å². The number of hydrogen-bond acceptors (Lipinski definition) is 3. The molecule has 3 heteroatoms. The highest BCUT2D eigenvalue weighted by atomic mass is 32.1. The van der Waals surface area contributed by atoms with Crippen molar-refractivity contribution >= 4 is 11.3 Å². The van der Waals surface area contributed by atoms with Crippen LogP contribution in [0.4, 0.5) is 0 Å². The van der Waals surface area contributed by atoms with Crippen molar-refractivity contribution in [1.82, 2.24) is 10.3 Å². The summed E-state index contributed by atoms with van der Waals surface area (Å²) in [6.07, 6.45) is 1.10. The molecule has 0 spiro atoms. The fourth-order valence-corrected chi connectivity index (χ4v) is 3.39. The minimum atomic E-state index is 0.527. The van der Waals surface area contributed by atoms with E-state index in [0.717, 1.165) is 13.0 Å². The van der Waals surface area contributed by atoms with Gasteiger partial charge in [0.15, 0.2) is 0 Å². The van der Waals surface area contributed by atoms with Crippen molar-refractivity contribution in [3.63, 3.8) is 0 Å². The molecule has 1 unspecified atom stereocenters. The maximum Gasteiger partial charge on any atom is 0.0957 e. The van der Waals surface area contributed by atoms with Crippen molar-refractivity contribution in [3.05, 3.63) is 15.6 Å². The molecule has 84 valence electrons. The van der Waals surface area contributed by atoms with Crippen molar-refractivity contribution in [2.45, 2.75) is 46.1 Å². The van der Waals surface area contributed by atoms with E-state index in [2.05, 4.69) is 33.0 Å². The van der Waals surface area contributed by atoms with E-state index < -0.39 is 0 Å². The van der Waals surface area contributed by atoms with E-state index in [4.69, 9.17) is 4.98 Å². The molecule has 1 N–H and O–H groups in total. The first-order chi connectivity index (χ1) is 7.09. The van der Waals surface area contributed by atoms with Gasteiger partial charge in [0.05, 0.1) is 10.7 Å². The maximum atomic E-state index is 4.76. The summed E-state index contributed by atoms with van der Waals surface area (Å²) in [4.78, 5) is 6.25. The molecule has 0 radical (unpaired) electrons. The van der Waals surface area contributed by atoms with E-state index in [-0.39, 0.29) is 0 Å². The van der Waals surface area contributed by atoms with Gasteiger partial charge in [0.25, 0.3) is 0 Å². The second-order valence-electron chi connectivity index (χ2n) is 4.94. The van der Waals surface area contributed by atoms with Crippen LogP contribution in [0.1, 0.15) is 55.2 Å². The Kier molecular flexibility index (Phi) is 3.12. The van der Waals surface area contributed by atoms with Gasteiger partial charge >= 0.3 is 0 Å². The Hall–Kier alpha value is -0.410. The predicted octanol–water partition coefficient (Wildman–Crippen LogP) is 3.11. The molecule has 0 aliphatic carbocycles. The van der Waals surface area contributed by atoms with Crippen molar-refractivity contribution in [2.75, 3.05) is 6.54 Å². The molecule has 15 heavy (non-hydrogen) atoms. The second kappa shape index (κ2) is 4.22. The van der Waals surface area contributed by atoms with Crippen molar-refractivity contribution in [2.24, 2.45) is 5.92 Å². The van der Waals surface area contributed by atoms with Crippen LogP contribution in [0.2, 0.25) is 0 Å². The molecule has 2 rings (SSSR count). The third kappa shape index (κ3) is 2.08. The number of hydrogen-bond donors (Lipinski definition) is 1. The zero-order valence-corrected chi connectivity index (χ0v) is 10.8. The number of fused-ring (bicyclic) bond motifs is 1. The molecule has 1 aliphatic rings. The normalized spacial score (nSPS) is 21.1. The number of aromatic nitrogens is 1. The number of rotatable bonds is 2. The van der Waals surface area contributed by atoms with Gasteiger partial charge in [0.1, 0.15) is 0 Å². The van der Waals surface area contributed by atoms with Crippen LogP contribution in [0, 0.1) is 5.92 Å². The maximum absolute atomic E-state index is 4.76. The van der Waals surface area contributed by atoms with Gasteiger partial charge in [0, 0.05) is 29.8 Å². The highest BCUT2D eigenvalue weighted by molar-refractivity contribution is 7.12. The number of nitrogens with zero attached hydrogens (tertiary/aromatic N) is 1. The summed E-state index contributed by atoms with van der Waals surface area (Å²) in [5.41, 5.74) is 1.35. The Balaban J connectivity index is 2.34. The van der Waals surface area contributed by atoms with Crippen molar-refractivity contribution in [3.8, 4) is 0 Å². The SMILES string of the molecule is CC(C)c1nc2c(s1)C(C(C)C)NCC2. The Morgan fingerprint density at radius 3 is 2.67 bits per heavy atom. The second-order valence-corrected chi connectivity index (χ2v) is 6.01. The van der Waals surface area contributed by atoms with Gasteiger partial charge in [-0.05, 0) is 5.92 Å². The zero-order chi connectivity index (χ0) is 11.0. The molecular weight excluding hydrogens is 204 g/mol. The van der Waals surface area contributed by atoms with E-state index in [1.54, 1.807) is 0 Å². The average Bonchev–Trinajstić information content (AvgIpc) is 2.60. The molecule has 1 aromatic heterocycles. The predicted molar refractivity (Wildman–Crippen MR) is 65.5 cm³/mol. The topological polar surface area (TPSA) is 24.9 Å². The van der Waals surface area contributed by atoms with Crippen molar-refractivity contribution in [1.29, 1.82) is 0 Å². The van der Waals surface area contributed by atoms with Crippen LogP contribution in [-0.2, 0) is 6.42 Å². The van der Waals surface area contributed by atoms with Gasteiger partial charge < -0.3 is 5.32 Å². The zero-order valence-electron chi connectivity index (χ0n) is 10.0. The van der Waals surface area contributed by atoms with Crippen LogP contribution in [0.3, 0.4) is 0 Å². The van der Waals surface area contributed by atoms with Gasteiger partial charge in [-0.2, -0.15) is 0 Å². The lowest BCUT2D eigenvalue weighted by molar-refractivity contribution is 0.399. The minimum absolute atomic E-state index is 0.527. The largest absolute Gasteiger partial charge is 0.309 e. The summed E-state index contributed by atoms with van der Waals surface area (Å²) >= 11 is 1.91. The third-order valence-electron chi connectivity index (χ3n) is 2.91. The van der Waals surface area contributed by atoms with E-state index in [1.807, 2.05) is 11.3 Å². The first-order valence-electron chi connectivity index (χ1n) is 5.82. The van der Waals surface area contributed by atoms with Crippen LogP contribution in [0.15, 0.2) is 0 Å². The van der Waals surface area contributed by atoms with Gasteiger partial charge in [-0.25, -0.2) is 4.98 Å². The summed E-state index contributed by atoms with van der Waals surface area (Å²) in [7, 11) is 0. The summed E-state index contributed by atoms with van der Waals surface area (Å²) in [5, 5.41) is 4.90. The van der Waals surface area contributed by atoms with Gasteiger partial charge in [0.2, 0.25) is 0 Å². The molecule has 0 fully saturated rings. The fraction of sp³-hybridized carbons (Fsp3) is 0.750. The van der Waals surface area contributed by atoms with Crippen LogP contribution < -0.4 is 5.32 Å². The molecule has 2 nitrogen and oxygen atoms in total. The molecule has 0 bridgehead atoms. The van der Waals surface area contributed by atoms with Gasteiger partial charge in [-0.3, -0.25) is 0 Å². The molecule has 0 saturated heterocycles. The molecule has 0 amide bonds.